The van der Waals surface area contributed by atoms with Crippen LogP contribution in [0.2, 0.25) is 0 Å². The van der Waals surface area contributed by atoms with E-state index in [1.54, 1.807) is 0 Å². The first kappa shape index (κ1) is 17.0. The van der Waals surface area contributed by atoms with Crippen molar-refractivity contribution in [1.82, 2.24) is 0 Å². The molecule has 1 heterocycles. The Kier molecular flexibility index (Phi) is 6.39. The molecule has 1 aliphatic heterocycles. The normalized spacial score (nSPS) is 20.7. The molecule has 2 aromatic carbocycles. The maximum Gasteiger partial charge on any atom is 0.129 e. The maximum atomic E-state index is 10.1. The minimum absolute atomic E-state index is 0.159. The van der Waals surface area contributed by atoms with Gasteiger partial charge in [-0.2, -0.15) is 0 Å². The number of benzene rings is 2. The fourth-order valence-corrected chi connectivity index (χ4v) is 3.17. The third-order valence-corrected chi connectivity index (χ3v) is 4.13. The summed E-state index contributed by atoms with van der Waals surface area (Å²) < 4.78 is 4.53. The van der Waals surface area contributed by atoms with Gasteiger partial charge in [-0.1, -0.05) is 48.5 Å². The molecule has 3 rings (SSSR count). The topological polar surface area (TPSA) is 32.7 Å². The van der Waals surface area contributed by atoms with E-state index in [4.69, 9.17) is 0 Å². The average molecular weight is 332 g/mol. The van der Waals surface area contributed by atoms with Crippen LogP contribution >= 0.6 is 0 Å². The Labute approximate surface area is 139 Å². The molecule has 0 aromatic heterocycles. The SMILES string of the molecule is OC[C@]1(c2ccccc2)CCCN1c1ccccc1.[SiH3]O[SiH3]. The molecule has 1 fully saturated rings. The van der Waals surface area contributed by atoms with E-state index in [0.717, 1.165) is 40.4 Å². The van der Waals surface area contributed by atoms with Crippen LogP contribution in [0.1, 0.15) is 18.4 Å². The largest absolute Gasteiger partial charge is 0.471 e. The number of nitrogens with zero attached hydrogens (tertiary/aromatic N) is 1. The van der Waals surface area contributed by atoms with Crippen LogP contribution in [0.4, 0.5) is 5.69 Å². The predicted octanol–water partition coefficient (Wildman–Crippen LogP) is 0.738. The first-order chi connectivity index (χ1) is 10.8. The number of hydrogen-bond donors (Lipinski definition) is 1. The van der Waals surface area contributed by atoms with Gasteiger partial charge in [-0.05, 0) is 30.5 Å². The number of para-hydroxylation sites is 1. The van der Waals surface area contributed by atoms with Crippen molar-refractivity contribution in [1.29, 1.82) is 0 Å². The van der Waals surface area contributed by atoms with E-state index in [2.05, 4.69) is 45.4 Å². The van der Waals surface area contributed by atoms with Gasteiger partial charge in [0.05, 0.1) is 12.1 Å². The van der Waals surface area contributed by atoms with E-state index < -0.39 is 0 Å². The van der Waals surface area contributed by atoms with E-state index >= 15 is 0 Å². The average Bonchev–Trinajstić information content (AvgIpc) is 3.02. The van der Waals surface area contributed by atoms with Crippen molar-refractivity contribution in [3.8, 4) is 0 Å². The molecule has 0 radical (unpaired) electrons. The van der Waals surface area contributed by atoms with E-state index in [0.29, 0.717) is 0 Å². The molecule has 0 spiro atoms. The Morgan fingerprint density at radius 2 is 1.55 bits per heavy atom. The lowest BCUT2D eigenvalue weighted by molar-refractivity contribution is 0.198. The lowest BCUT2D eigenvalue weighted by Gasteiger charge is -2.39. The highest BCUT2D eigenvalue weighted by Crippen LogP contribution is 2.41. The molecule has 1 aliphatic rings. The molecule has 5 heteroatoms. The minimum Gasteiger partial charge on any atom is -0.471 e. The lowest BCUT2D eigenvalue weighted by atomic mass is 9.87. The molecule has 3 nitrogen and oxygen atoms in total. The van der Waals surface area contributed by atoms with E-state index in [1.165, 1.54) is 11.3 Å². The quantitative estimate of drug-likeness (QED) is 0.842. The van der Waals surface area contributed by atoms with E-state index in [-0.39, 0.29) is 12.1 Å². The summed E-state index contributed by atoms with van der Waals surface area (Å²) in [6.07, 6.45) is 2.12. The molecule has 22 heavy (non-hydrogen) atoms. The summed E-state index contributed by atoms with van der Waals surface area (Å²) in [5.41, 5.74) is 2.14. The summed E-state index contributed by atoms with van der Waals surface area (Å²) in [5, 5.41) is 10.1. The van der Waals surface area contributed by atoms with Crippen molar-refractivity contribution >= 4 is 26.7 Å². The van der Waals surface area contributed by atoms with Crippen LogP contribution in [0.25, 0.3) is 0 Å². The molecule has 0 aliphatic carbocycles. The summed E-state index contributed by atoms with van der Waals surface area (Å²) in [6, 6.07) is 20.8. The Balaban J connectivity index is 0.000000545. The van der Waals surface area contributed by atoms with Gasteiger partial charge in [0.25, 0.3) is 0 Å². The van der Waals surface area contributed by atoms with Crippen molar-refractivity contribution in [3.05, 3.63) is 66.2 Å². The van der Waals surface area contributed by atoms with Gasteiger partial charge in [0.15, 0.2) is 0 Å². The number of anilines is 1. The van der Waals surface area contributed by atoms with Crippen molar-refractivity contribution in [2.24, 2.45) is 0 Å². The molecular weight excluding hydrogens is 306 g/mol. The van der Waals surface area contributed by atoms with Crippen LogP contribution < -0.4 is 4.90 Å². The Morgan fingerprint density at radius 1 is 1.00 bits per heavy atom. The summed E-state index contributed by atoms with van der Waals surface area (Å²) in [6.45, 7) is 1.16. The van der Waals surface area contributed by atoms with Gasteiger partial charge in [0, 0.05) is 12.2 Å². The summed E-state index contributed by atoms with van der Waals surface area (Å²) in [4.78, 5) is 2.35. The lowest BCUT2D eigenvalue weighted by Crippen LogP contribution is -2.44. The van der Waals surface area contributed by atoms with E-state index in [1.807, 2.05) is 24.3 Å². The third-order valence-electron chi connectivity index (χ3n) is 4.13. The molecule has 0 unspecified atom stereocenters. The van der Waals surface area contributed by atoms with Gasteiger partial charge in [0.1, 0.15) is 21.0 Å². The molecule has 1 atom stereocenters. The number of hydrogen-bond acceptors (Lipinski definition) is 3. The van der Waals surface area contributed by atoms with Crippen molar-refractivity contribution in [3.63, 3.8) is 0 Å². The smallest absolute Gasteiger partial charge is 0.129 e. The Hall–Kier alpha value is -1.41. The van der Waals surface area contributed by atoms with Gasteiger partial charge in [-0.15, -0.1) is 0 Å². The summed E-state index contributed by atoms with van der Waals surface area (Å²) in [5.74, 6) is 0. The first-order valence-electron chi connectivity index (χ1n) is 7.67. The number of rotatable bonds is 3. The Morgan fingerprint density at radius 3 is 2.09 bits per heavy atom. The standard InChI is InChI=1S/C17H19NO.H6OSi2/c19-14-17(15-8-3-1-4-9-15)12-7-13-18(17)16-10-5-2-6-11-16;2-1-3/h1-6,8-11,19H,7,12-14H2;2-3H3/t17-;/m0./s1. The van der Waals surface area contributed by atoms with E-state index in [9.17, 15) is 5.11 Å². The monoisotopic (exact) mass is 331 g/mol. The summed E-state index contributed by atoms with van der Waals surface area (Å²) in [7, 11) is 1.86. The molecule has 1 saturated heterocycles. The molecule has 0 amide bonds. The molecule has 118 valence electrons. The van der Waals surface area contributed by atoms with Crippen LogP contribution in [-0.4, -0.2) is 39.2 Å². The van der Waals surface area contributed by atoms with Gasteiger partial charge in [-0.25, -0.2) is 0 Å². The van der Waals surface area contributed by atoms with Gasteiger partial charge >= 0.3 is 0 Å². The molecule has 2 aromatic rings. The van der Waals surface area contributed by atoms with Crippen LogP contribution in [0, 0.1) is 0 Å². The highest BCUT2D eigenvalue weighted by atomic mass is 28.3. The van der Waals surface area contributed by atoms with Gasteiger partial charge in [0.2, 0.25) is 0 Å². The summed E-state index contributed by atoms with van der Waals surface area (Å²) >= 11 is 0. The highest BCUT2D eigenvalue weighted by molar-refractivity contribution is 6.15. The molecule has 0 bridgehead atoms. The predicted molar refractivity (Wildman–Crippen MR) is 99.2 cm³/mol. The van der Waals surface area contributed by atoms with Crippen LogP contribution in [0.3, 0.4) is 0 Å². The maximum absolute atomic E-state index is 10.1. The zero-order valence-electron chi connectivity index (χ0n) is 13.4. The van der Waals surface area contributed by atoms with Crippen LogP contribution in [0.15, 0.2) is 60.7 Å². The molecular formula is C17H25NO2Si2. The fraction of sp³-hybridized carbons (Fsp3) is 0.294. The van der Waals surface area contributed by atoms with Gasteiger partial charge < -0.3 is 14.1 Å². The second-order valence-electron chi connectivity index (χ2n) is 5.55. The van der Waals surface area contributed by atoms with Crippen molar-refractivity contribution in [2.75, 3.05) is 18.1 Å². The van der Waals surface area contributed by atoms with Crippen molar-refractivity contribution < 1.29 is 9.22 Å². The second kappa shape index (κ2) is 8.29. The minimum atomic E-state index is -0.261. The second-order valence-corrected chi connectivity index (χ2v) is 8.82. The molecule has 0 saturated carbocycles. The zero-order chi connectivity index (χ0) is 15.8. The van der Waals surface area contributed by atoms with Crippen LogP contribution in [-0.2, 0) is 9.65 Å². The third kappa shape index (κ3) is 3.49. The zero-order valence-corrected chi connectivity index (χ0v) is 17.4. The number of aliphatic hydroxyl groups excluding tert-OH is 1. The number of aliphatic hydroxyl groups is 1. The molecule has 1 N–H and O–H groups in total. The first-order valence-corrected chi connectivity index (χ1v) is 9.31. The highest BCUT2D eigenvalue weighted by Gasteiger charge is 2.41. The van der Waals surface area contributed by atoms with Gasteiger partial charge in [-0.3, -0.25) is 0 Å². The van der Waals surface area contributed by atoms with Crippen LogP contribution in [0.5, 0.6) is 0 Å². The Bertz CT molecular complexity index is 553. The van der Waals surface area contributed by atoms with Crippen molar-refractivity contribution in [2.45, 2.75) is 18.4 Å². The fourth-order valence-electron chi connectivity index (χ4n) is 3.17.